The third-order valence-electron chi connectivity index (χ3n) is 3.13. The van der Waals surface area contributed by atoms with Gasteiger partial charge in [-0.05, 0) is 18.6 Å². The summed E-state index contributed by atoms with van der Waals surface area (Å²) in [5.74, 6) is -0.237. The zero-order chi connectivity index (χ0) is 15.8. The number of rotatable bonds is 2. The highest BCUT2D eigenvalue weighted by atomic mass is 35.5. The van der Waals surface area contributed by atoms with E-state index in [1.807, 2.05) is 0 Å². The molecule has 0 amide bonds. The third kappa shape index (κ3) is 3.62. The maximum atomic E-state index is 12.6. The van der Waals surface area contributed by atoms with E-state index in [0.717, 1.165) is 4.31 Å². The van der Waals surface area contributed by atoms with Crippen molar-refractivity contribution in [2.45, 2.75) is 11.3 Å². The average Bonchev–Trinajstić information content (AvgIpc) is 2.48. The van der Waals surface area contributed by atoms with Crippen molar-refractivity contribution in [3.63, 3.8) is 0 Å². The molecule has 1 saturated heterocycles. The summed E-state index contributed by atoms with van der Waals surface area (Å²) in [4.78, 5) is -0.237. The molecule has 2 rings (SSSR count). The van der Waals surface area contributed by atoms with Crippen molar-refractivity contribution in [3.05, 3.63) is 22.2 Å². The Hall–Kier alpha value is -0.540. The zero-order valence-corrected chi connectivity index (χ0v) is 14.1. The van der Waals surface area contributed by atoms with Crippen LogP contribution in [0.3, 0.4) is 0 Å². The van der Waals surface area contributed by atoms with Crippen molar-refractivity contribution < 1.29 is 16.8 Å². The molecule has 1 aromatic carbocycles. The van der Waals surface area contributed by atoms with Gasteiger partial charge < -0.3 is 5.73 Å². The second-order valence-electron chi connectivity index (χ2n) is 4.72. The van der Waals surface area contributed by atoms with E-state index in [2.05, 4.69) is 0 Å². The van der Waals surface area contributed by atoms with Gasteiger partial charge in [0.25, 0.3) is 0 Å². The van der Waals surface area contributed by atoms with Crippen molar-refractivity contribution in [2.75, 3.05) is 30.3 Å². The molecular formula is C11H14Cl2N2O4S2. The average molecular weight is 373 g/mol. The predicted molar refractivity (Wildman–Crippen MR) is 82.9 cm³/mol. The maximum absolute atomic E-state index is 12.6. The summed E-state index contributed by atoms with van der Waals surface area (Å²) in [5.41, 5.74) is 5.81. The van der Waals surface area contributed by atoms with Crippen LogP contribution < -0.4 is 5.73 Å². The Morgan fingerprint density at radius 2 is 1.67 bits per heavy atom. The molecular weight excluding hydrogens is 359 g/mol. The van der Waals surface area contributed by atoms with E-state index >= 15 is 0 Å². The Morgan fingerprint density at radius 1 is 1.10 bits per heavy atom. The molecule has 10 heteroatoms. The third-order valence-corrected chi connectivity index (χ3v) is 7.67. The minimum absolute atomic E-state index is 0.0256. The van der Waals surface area contributed by atoms with Crippen LogP contribution in [-0.4, -0.2) is 45.7 Å². The second-order valence-corrected chi connectivity index (χ2v) is 9.72. The fourth-order valence-corrected chi connectivity index (χ4v) is 6.16. The van der Waals surface area contributed by atoms with Crippen molar-refractivity contribution in [1.29, 1.82) is 0 Å². The van der Waals surface area contributed by atoms with Gasteiger partial charge in [0.2, 0.25) is 10.0 Å². The Bertz CT molecular complexity index is 739. The molecule has 6 nitrogen and oxygen atoms in total. The molecule has 2 N–H and O–H groups in total. The molecule has 1 aliphatic rings. The minimum Gasteiger partial charge on any atom is -0.399 e. The normalized spacial score (nSPS) is 20.1. The fraction of sp³-hybridized carbons (Fsp3) is 0.455. The summed E-state index contributed by atoms with van der Waals surface area (Å²) in [5, 5.41) is -0.154. The van der Waals surface area contributed by atoms with Crippen molar-refractivity contribution in [3.8, 4) is 0 Å². The number of hydrogen-bond donors (Lipinski definition) is 1. The summed E-state index contributed by atoms with van der Waals surface area (Å²) in [7, 11) is -7.18. The molecule has 0 aromatic heterocycles. The molecule has 0 radical (unpaired) electrons. The lowest BCUT2D eigenvalue weighted by Crippen LogP contribution is -2.34. The molecule has 0 spiro atoms. The van der Waals surface area contributed by atoms with E-state index in [0.29, 0.717) is 0 Å². The number of benzene rings is 1. The first kappa shape index (κ1) is 16.8. The Balaban J connectivity index is 2.43. The number of hydrogen-bond acceptors (Lipinski definition) is 5. The molecule has 0 atom stereocenters. The lowest BCUT2D eigenvalue weighted by molar-refractivity contribution is 0.435. The number of nitrogen functional groups attached to an aromatic ring is 1. The molecule has 118 valence electrons. The summed E-state index contributed by atoms with van der Waals surface area (Å²) in [6.45, 7) is 0.000296. The highest BCUT2D eigenvalue weighted by molar-refractivity contribution is 7.91. The molecule has 0 unspecified atom stereocenters. The molecule has 1 aliphatic heterocycles. The lowest BCUT2D eigenvalue weighted by Gasteiger charge is -2.21. The highest BCUT2D eigenvalue weighted by Crippen LogP contribution is 2.34. The first-order valence-electron chi connectivity index (χ1n) is 6.08. The van der Waals surface area contributed by atoms with Crippen LogP contribution in [0.2, 0.25) is 10.0 Å². The van der Waals surface area contributed by atoms with E-state index < -0.39 is 19.9 Å². The van der Waals surface area contributed by atoms with Crippen LogP contribution in [0.25, 0.3) is 0 Å². The number of sulfonamides is 1. The summed E-state index contributed by atoms with van der Waals surface area (Å²) < 4.78 is 49.5. The van der Waals surface area contributed by atoms with Crippen LogP contribution >= 0.6 is 23.2 Å². The molecule has 0 aliphatic carbocycles. The van der Waals surface area contributed by atoms with Gasteiger partial charge in [-0.25, -0.2) is 16.8 Å². The molecule has 0 saturated carbocycles. The first-order valence-corrected chi connectivity index (χ1v) is 10.1. The van der Waals surface area contributed by atoms with Gasteiger partial charge in [-0.15, -0.1) is 0 Å². The van der Waals surface area contributed by atoms with Crippen LogP contribution in [0.5, 0.6) is 0 Å². The predicted octanol–water partition coefficient (Wildman–Crippen LogP) is 1.38. The molecule has 1 aromatic rings. The van der Waals surface area contributed by atoms with E-state index in [-0.39, 0.29) is 51.6 Å². The summed E-state index contributed by atoms with van der Waals surface area (Å²) >= 11 is 11.9. The highest BCUT2D eigenvalue weighted by Gasteiger charge is 2.32. The molecule has 0 bridgehead atoms. The monoisotopic (exact) mass is 372 g/mol. The van der Waals surface area contributed by atoms with E-state index in [1.54, 1.807) is 0 Å². The Labute approximate surface area is 133 Å². The summed E-state index contributed by atoms with van der Waals surface area (Å²) in [6, 6.07) is 2.60. The minimum atomic E-state index is -3.96. The van der Waals surface area contributed by atoms with Crippen LogP contribution in [0, 0.1) is 0 Å². The quantitative estimate of drug-likeness (QED) is 0.790. The van der Waals surface area contributed by atoms with E-state index in [9.17, 15) is 16.8 Å². The smallest absolute Gasteiger partial charge is 0.246 e. The molecule has 21 heavy (non-hydrogen) atoms. The number of halogens is 2. The molecule has 1 heterocycles. The van der Waals surface area contributed by atoms with Gasteiger partial charge in [0.15, 0.2) is 9.84 Å². The topological polar surface area (TPSA) is 97.5 Å². The summed E-state index contributed by atoms with van der Waals surface area (Å²) in [6.07, 6.45) is 0.242. The number of sulfone groups is 1. The second kappa shape index (κ2) is 5.92. The van der Waals surface area contributed by atoms with Crippen LogP contribution in [0.15, 0.2) is 17.0 Å². The maximum Gasteiger partial charge on any atom is 0.246 e. The van der Waals surface area contributed by atoms with E-state index in [4.69, 9.17) is 28.9 Å². The van der Waals surface area contributed by atoms with Crippen molar-refractivity contribution in [2.24, 2.45) is 0 Å². The van der Waals surface area contributed by atoms with Crippen molar-refractivity contribution >= 4 is 48.7 Å². The van der Waals surface area contributed by atoms with Crippen LogP contribution in [0.1, 0.15) is 6.42 Å². The zero-order valence-electron chi connectivity index (χ0n) is 10.9. The van der Waals surface area contributed by atoms with Gasteiger partial charge in [0.05, 0.1) is 21.6 Å². The fourth-order valence-electron chi connectivity index (χ4n) is 2.11. The lowest BCUT2D eigenvalue weighted by atomic mass is 10.3. The molecule has 1 fully saturated rings. The van der Waals surface area contributed by atoms with Gasteiger partial charge in [-0.3, -0.25) is 0 Å². The SMILES string of the molecule is Nc1cc(Cl)c(S(=O)(=O)N2CCCS(=O)(=O)CC2)c(Cl)c1. The largest absolute Gasteiger partial charge is 0.399 e. The first-order chi connectivity index (χ1) is 9.63. The Kier molecular flexibility index (Phi) is 4.75. The van der Waals surface area contributed by atoms with Gasteiger partial charge in [-0.2, -0.15) is 4.31 Å². The standard InChI is InChI=1S/C11H14Cl2N2O4S2/c12-9-6-8(14)7-10(13)11(9)21(18,19)15-2-1-4-20(16,17)5-3-15/h6-7H,1-5,14H2. The van der Waals surface area contributed by atoms with Gasteiger partial charge >= 0.3 is 0 Å². The van der Waals surface area contributed by atoms with Crippen LogP contribution in [-0.2, 0) is 19.9 Å². The number of nitrogens with two attached hydrogens (primary N) is 1. The van der Waals surface area contributed by atoms with Gasteiger partial charge in [0.1, 0.15) is 4.90 Å². The number of anilines is 1. The van der Waals surface area contributed by atoms with Gasteiger partial charge in [0, 0.05) is 18.8 Å². The van der Waals surface area contributed by atoms with Crippen molar-refractivity contribution in [1.82, 2.24) is 4.31 Å². The number of nitrogens with zero attached hydrogens (tertiary/aromatic N) is 1. The van der Waals surface area contributed by atoms with Gasteiger partial charge in [-0.1, -0.05) is 23.2 Å². The van der Waals surface area contributed by atoms with Crippen LogP contribution in [0.4, 0.5) is 5.69 Å². The van der Waals surface area contributed by atoms with E-state index in [1.165, 1.54) is 12.1 Å². The Morgan fingerprint density at radius 3 is 2.24 bits per heavy atom.